The molecule has 0 saturated carbocycles. The molecular weight excluding hydrogens is 284 g/mol. The standard InChI is InChI=1S/C16H20N2O2S/c1-12-8-9-15(10-13(12)2)21(19,20)18-11-16(17)14-6-4-3-5-7-14/h3-10,16,18H,11,17H2,1-2H3. The Balaban J connectivity index is 2.09. The van der Waals surface area contributed by atoms with Gasteiger partial charge in [0.2, 0.25) is 10.0 Å². The number of aryl methyl sites for hydroxylation is 2. The molecular formula is C16H20N2O2S. The number of hydrogen-bond donors (Lipinski definition) is 2. The van der Waals surface area contributed by atoms with Gasteiger partial charge in [-0.05, 0) is 42.7 Å². The first-order chi connectivity index (χ1) is 9.90. The fourth-order valence-electron chi connectivity index (χ4n) is 1.98. The zero-order valence-electron chi connectivity index (χ0n) is 12.2. The maximum absolute atomic E-state index is 12.3. The molecule has 2 aromatic rings. The van der Waals surface area contributed by atoms with E-state index >= 15 is 0 Å². The summed E-state index contributed by atoms with van der Waals surface area (Å²) in [4.78, 5) is 0.269. The lowest BCUT2D eigenvalue weighted by molar-refractivity contribution is 0.572. The van der Waals surface area contributed by atoms with Crippen molar-refractivity contribution in [3.8, 4) is 0 Å². The van der Waals surface area contributed by atoms with E-state index in [4.69, 9.17) is 5.73 Å². The van der Waals surface area contributed by atoms with Gasteiger partial charge in [0, 0.05) is 12.6 Å². The molecule has 0 amide bonds. The molecule has 112 valence electrons. The fourth-order valence-corrected chi connectivity index (χ4v) is 3.13. The van der Waals surface area contributed by atoms with Crippen LogP contribution in [0.4, 0.5) is 0 Å². The normalized spacial score (nSPS) is 13.1. The SMILES string of the molecule is Cc1ccc(S(=O)(=O)NCC(N)c2ccccc2)cc1C. The summed E-state index contributed by atoms with van der Waals surface area (Å²) in [5.41, 5.74) is 8.92. The van der Waals surface area contributed by atoms with E-state index < -0.39 is 10.0 Å². The Morgan fingerprint density at radius 3 is 2.33 bits per heavy atom. The summed E-state index contributed by atoms with van der Waals surface area (Å²) >= 11 is 0. The highest BCUT2D eigenvalue weighted by atomic mass is 32.2. The van der Waals surface area contributed by atoms with E-state index in [1.54, 1.807) is 18.2 Å². The lowest BCUT2D eigenvalue weighted by Crippen LogP contribution is -2.32. The summed E-state index contributed by atoms with van der Waals surface area (Å²) in [5.74, 6) is 0. The zero-order chi connectivity index (χ0) is 15.5. The first-order valence-electron chi connectivity index (χ1n) is 6.77. The molecule has 0 spiro atoms. The van der Waals surface area contributed by atoms with Gasteiger partial charge in [-0.15, -0.1) is 0 Å². The van der Waals surface area contributed by atoms with Crippen molar-refractivity contribution in [2.24, 2.45) is 5.73 Å². The van der Waals surface area contributed by atoms with E-state index in [1.165, 1.54) is 0 Å². The predicted octanol–water partition coefficient (Wildman–Crippen LogP) is 2.28. The summed E-state index contributed by atoms with van der Waals surface area (Å²) in [7, 11) is -3.53. The first-order valence-corrected chi connectivity index (χ1v) is 8.26. The molecule has 2 rings (SSSR count). The highest BCUT2D eigenvalue weighted by Gasteiger charge is 2.16. The number of benzene rings is 2. The number of sulfonamides is 1. The smallest absolute Gasteiger partial charge is 0.240 e. The molecule has 0 aromatic heterocycles. The van der Waals surface area contributed by atoms with Crippen LogP contribution in [0, 0.1) is 13.8 Å². The monoisotopic (exact) mass is 304 g/mol. The molecule has 0 radical (unpaired) electrons. The molecule has 0 heterocycles. The Bertz CT molecular complexity index is 712. The van der Waals surface area contributed by atoms with Crippen molar-refractivity contribution in [2.75, 3.05) is 6.54 Å². The fraction of sp³-hybridized carbons (Fsp3) is 0.250. The van der Waals surface area contributed by atoms with Crippen LogP contribution >= 0.6 is 0 Å². The van der Waals surface area contributed by atoms with Crippen molar-refractivity contribution in [3.63, 3.8) is 0 Å². The van der Waals surface area contributed by atoms with Gasteiger partial charge in [0.05, 0.1) is 4.90 Å². The van der Waals surface area contributed by atoms with Crippen LogP contribution in [0.25, 0.3) is 0 Å². The number of nitrogens with one attached hydrogen (secondary N) is 1. The average Bonchev–Trinajstić information content (AvgIpc) is 2.48. The summed E-state index contributed by atoms with van der Waals surface area (Å²) < 4.78 is 27.1. The molecule has 3 N–H and O–H groups in total. The van der Waals surface area contributed by atoms with Crippen LogP contribution in [0.3, 0.4) is 0 Å². The minimum Gasteiger partial charge on any atom is -0.323 e. The third-order valence-corrected chi connectivity index (χ3v) is 4.93. The Hall–Kier alpha value is -1.69. The van der Waals surface area contributed by atoms with Gasteiger partial charge in [0.1, 0.15) is 0 Å². The van der Waals surface area contributed by atoms with Gasteiger partial charge in [-0.25, -0.2) is 13.1 Å². The Morgan fingerprint density at radius 1 is 1.05 bits per heavy atom. The van der Waals surface area contributed by atoms with Crippen LogP contribution in [-0.2, 0) is 10.0 Å². The number of hydrogen-bond acceptors (Lipinski definition) is 3. The minimum atomic E-state index is -3.53. The van der Waals surface area contributed by atoms with Crippen molar-refractivity contribution in [1.82, 2.24) is 4.72 Å². The topological polar surface area (TPSA) is 72.2 Å². The molecule has 0 saturated heterocycles. The van der Waals surface area contributed by atoms with Gasteiger partial charge in [0.15, 0.2) is 0 Å². The summed E-state index contributed by atoms with van der Waals surface area (Å²) in [6, 6.07) is 14.2. The summed E-state index contributed by atoms with van der Waals surface area (Å²) in [6.07, 6.45) is 0. The summed E-state index contributed by atoms with van der Waals surface area (Å²) in [6.45, 7) is 4.01. The molecule has 4 nitrogen and oxygen atoms in total. The Kier molecular flexibility index (Phi) is 4.77. The summed E-state index contributed by atoms with van der Waals surface area (Å²) in [5, 5.41) is 0. The highest BCUT2D eigenvalue weighted by molar-refractivity contribution is 7.89. The molecule has 0 aliphatic rings. The van der Waals surface area contributed by atoms with Gasteiger partial charge >= 0.3 is 0 Å². The molecule has 0 fully saturated rings. The van der Waals surface area contributed by atoms with E-state index in [9.17, 15) is 8.42 Å². The molecule has 5 heteroatoms. The van der Waals surface area contributed by atoms with Crippen molar-refractivity contribution in [1.29, 1.82) is 0 Å². The van der Waals surface area contributed by atoms with E-state index in [1.807, 2.05) is 44.2 Å². The Labute approximate surface area is 126 Å². The van der Waals surface area contributed by atoms with Crippen LogP contribution < -0.4 is 10.5 Å². The number of rotatable bonds is 5. The quantitative estimate of drug-likeness (QED) is 0.890. The molecule has 0 aliphatic heterocycles. The van der Waals surface area contributed by atoms with E-state index in [-0.39, 0.29) is 17.5 Å². The average molecular weight is 304 g/mol. The van der Waals surface area contributed by atoms with Crippen molar-refractivity contribution < 1.29 is 8.42 Å². The van der Waals surface area contributed by atoms with Crippen LogP contribution in [0.1, 0.15) is 22.7 Å². The first kappa shape index (κ1) is 15.7. The van der Waals surface area contributed by atoms with Crippen molar-refractivity contribution in [3.05, 3.63) is 65.2 Å². The Morgan fingerprint density at radius 2 is 1.71 bits per heavy atom. The molecule has 1 unspecified atom stereocenters. The highest BCUT2D eigenvalue weighted by Crippen LogP contribution is 2.15. The van der Waals surface area contributed by atoms with E-state index in [0.717, 1.165) is 16.7 Å². The third kappa shape index (κ3) is 3.91. The zero-order valence-corrected chi connectivity index (χ0v) is 13.0. The maximum atomic E-state index is 12.3. The largest absolute Gasteiger partial charge is 0.323 e. The second-order valence-corrected chi connectivity index (χ2v) is 6.88. The third-order valence-electron chi connectivity index (χ3n) is 3.51. The molecule has 0 aliphatic carbocycles. The van der Waals surface area contributed by atoms with Gasteiger partial charge in [0.25, 0.3) is 0 Å². The lowest BCUT2D eigenvalue weighted by Gasteiger charge is -2.14. The van der Waals surface area contributed by atoms with Crippen LogP contribution in [0.5, 0.6) is 0 Å². The second-order valence-electron chi connectivity index (χ2n) is 5.12. The van der Waals surface area contributed by atoms with Crippen molar-refractivity contribution >= 4 is 10.0 Å². The lowest BCUT2D eigenvalue weighted by atomic mass is 10.1. The van der Waals surface area contributed by atoms with Crippen molar-refractivity contribution in [2.45, 2.75) is 24.8 Å². The molecule has 1 atom stereocenters. The van der Waals surface area contributed by atoms with Crippen LogP contribution in [0.15, 0.2) is 53.4 Å². The molecule has 0 bridgehead atoms. The maximum Gasteiger partial charge on any atom is 0.240 e. The van der Waals surface area contributed by atoms with Gasteiger partial charge in [-0.1, -0.05) is 36.4 Å². The number of nitrogens with two attached hydrogens (primary N) is 1. The molecule has 2 aromatic carbocycles. The van der Waals surface area contributed by atoms with Crippen LogP contribution in [0.2, 0.25) is 0 Å². The van der Waals surface area contributed by atoms with E-state index in [0.29, 0.717) is 0 Å². The second kappa shape index (κ2) is 6.39. The predicted molar refractivity (Wildman–Crippen MR) is 84.5 cm³/mol. The minimum absolute atomic E-state index is 0.166. The van der Waals surface area contributed by atoms with Crippen LogP contribution in [-0.4, -0.2) is 15.0 Å². The molecule has 21 heavy (non-hydrogen) atoms. The van der Waals surface area contributed by atoms with Gasteiger partial charge in [-0.3, -0.25) is 0 Å². The van der Waals surface area contributed by atoms with Gasteiger partial charge < -0.3 is 5.73 Å². The van der Waals surface area contributed by atoms with E-state index in [2.05, 4.69) is 4.72 Å². The van der Waals surface area contributed by atoms with Gasteiger partial charge in [-0.2, -0.15) is 0 Å².